The number of piperidine rings is 1. The highest BCUT2D eigenvalue weighted by atomic mass is 16.5. The lowest BCUT2D eigenvalue weighted by Gasteiger charge is -2.42. The van der Waals surface area contributed by atoms with Crippen LogP contribution in [0.4, 0.5) is 4.79 Å². The van der Waals surface area contributed by atoms with Crippen molar-refractivity contribution in [1.29, 1.82) is 0 Å². The first-order valence-corrected chi connectivity index (χ1v) is 15.0. The molecule has 1 aromatic heterocycles. The number of nitrogens with zero attached hydrogens (tertiary/aromatic N) is 3. The molecular formula is C31H47N3O5. The van der Waals surface area contributed by atoms with Crippen LogP contribution < -0.4 is 0 Å². The van der Waals surface area contributed by atoms with Gasteiger partial charge in [0.1, 0.15) is 6.23 Å². The highest BCUT2D eigenvalue weighted by molar-refractivity contribution is 5.68. The molecule has 2 aliphatic heterocycles. The first-order valence-electron chi connectivity index (χ1n) is 15.0. The van der Waals surface area contributed by atoms with Gasteiger partial charge in [-0.15, -0.1) is 0 Å². The molecule has 1 amide bonds. The Morgan fingerprint density at radius 3 is 2.49 bits per heavy atom. The second-order valence-corrected chi connectivity index (χ2v) is 10.7. The number of benzene rings is 1. The van der Waals surface area contributed by atoms with Crippen LogP contribution in [0.5, 0.6) is 0 Å². The topological polar surface area (TPSA) is 86.1 Å². The third kappa shape index (κ3) is 7.02. The van der Waals surface area contributed by atoms with E-state index in [2.05, 4.69) is 35.4 Å². The van der Waals surface area contributed by atoms with E-state index in [0.717, 1.165) is 75.7 Å². The van der Waals surface area contributed by atoms with Crippen LogP contribution in [0.3, 0.4) is 0 Å². The maximum Gasteiger partial charge on any atom is 0.409 e. The van der Waals surface area contributed by atoms with E-state index in [1.165, 1.54) is 12.7 Å². The van der Waals surface area contributed by atoms with Gasteiger partial charge < -0.3 is 24.2 Å². The number of aliphatic hydroxyl groups is 1. The van der Waals surface area contributed by atoms with Crippen LogP contribution in [0.15, 0.2) is 36.5 Å². The number of carbonyl (C=O) groups excluding carboxylic acids is 1. The predicted molar refractivity (Wildman–Crippen MR) is 151 cm³/mol. The number of ether oxygens (including phenoxy) is 3. The Morgan fingerprint density at radius 2 is 1.82 bits per heavy atom. The standard InChI is InChI=1S/C29H41N3O5.C2H6/c1-35-29(34)31-16-7-10-25(28-23(19-33)18-30-32(28)27-11-5-6-17-36-27)26(31)20-37-24-14-12-22(13-15-24)21-8-3-2-4-9-21;1-2/h2-4,8-9,18,22,24-27,33H,5-7,10-17,19-20H2,1H3;1-2H3. The molecule has 1 aromatic carbocycles. The van der Waals surface area contributed by atoms with Crippen LogP contribution in [0.2, 0.25) is 0 Å². The van der Waals surface area contributed by atoms with Gasteiger partial charge in [0.2, 0.25) is 0 Å². The molecule has 216 valence electrons. The number of rotatable bonds is 7. The summed E-state index contributed by atoms with van der Waals surface area (Å²) in [5.74, 6) is 0.579. The zero-order valence-electron chi connectivity index (χ0n) is 24.0. The summed E-state index contributed by atoms with van der Waals surface area (Å²) in [7, 11) is 1.44. The van der Waals surface area contributed by atoms with Crippen molar-refractivity contribution in [3.8, 4) is 0 Å². The summed E-state index contributed by atoms with van der Waals surface area (Å²) in [6, 6.07) is 10.6. The largest absolute Gasteiger partial charge is 0.453 e. The highest BCUT2D eigenvalue weighted by Gasteiger charge is 2.40. The molecule has 1 saturated carbocycles. The first kappa shape index (κ1) is 29.6. The SMILES string of the molecule is CC.COC(=O)N1CCCC(c2c(CO)cnn2C2CCCCO2)C1COC1CCC(c2ccccc2)CC1. The molecule has 0 bridgehead atoms. The van der Waals surface area contributed by atoms with Crippen molar-refractivity contribution in [3.63, 3.8) is 0 Å². The molecule has 3 aliphatic rings. The van der Waals surface area contributed by atoms with Gasteiger partial charge in [-0.05, 0) is 69.3 Å². The van der Waals surface area contributed by atoms with Crippen LogP contribution in [0.1, 0.15) is 107 Å². The zero-order chi connectivity index (χ0) is 27.6. The number of aromatic nitrogens is 2. The van der Waals surface area contributed by atoms with Crippen LogP contribution in [0, 0.1) is 0 Å². The molecule has 8 nitrogen and oxygen atoms in total. The van der Waals surface area contributed by atoms with Crippen LogP contribution in [0.25, 0.3) is 0 Å². The quantitative estimate of drug-likeness (QED) is 0.452. The summed E-state index contributed by atoms with van der Waals surface area (Å²) in [6.45, 7) is 5.71. The van der Waals surface area contributed by atoms with Crippen molar-refractivity contribution in [3.05, 3.63) is 53.3 Å². The minimum absolute atomic E-state index is 0.0105. The van der Waals surface area contributed by atoms with Gasteiger partial charge in [0, 0.05) is 24.6 Å². The molecule has 3 heterocycles. The second kappa shape index (κ2) is 14.8. The van der Waals surface area contributed by atoms with E-state index in [1.807, 2.05) is 23.4 Å². The van der Waals surface area contributed by atoms with E-state index in [1.54, 1.807) is 6.20 Å². The number of amides is 1. The number of methoxy groups -OCH3 is 1. The monoisotopic (exact) mass is 541 g/mol. The van der Waals surface area contributed by atoms with E-state index in [-0.39, 0.29) is 37.0 Å². The van der Waals surface area contributed by atoms with Gasteiger partial charge in [0.05, 0.1) is 44.4 Å². The number of aliphatic hydroxyl groups excluding tert-OH is 1. The molecule has 2 aromatic rings. The highest BCUT2D eigenvalue weighted by Crippen LogP contribution is 2.39. The molecule has 1 aliphatic carbocycles. The molecule has 0 spiro atoms. The third-order valence-corrected chi connectivity index (χ3v) is 8.50. The minimum atomic E-state index is -0.323. The molecule has 3 atom stereocenters. The van der Waals surface area contributed by atoms with Crippen molar-refractivity contribution < 1.29 is 24.1 Å². The normalized spacial score (nSPS) is 27.4. The Kier molecular flexibility index (Phi) is 11.2. The Morgan fingerprint density at radius 1 is 1.05 bits per heavy atom. The Hall–Kier alpha value is -2.42. The van der Waals surface area contributed by atoms with Gasteiger partial charge >= 0.3 is 6.09 Å². The maximum atomic E-state index is 12.8. The number of carbonyl (C=O) groups is 1. The molecule has 5 rings (SSSR count). The molecule has 8 heteroatoms. The summed E-state index contributed by atoms with van der Waals surface area (Å²) in [5.41, 5.74) is 3.20. The number of hydrogen-bond acceptors (Lipinski definition) is 6. The average Bonchev–Trinajstić information content (AvgIpc) is 3.45. The van der Waals surface area contributed by atoms with Crippen LogP contribution in [-0.4, -0.2) is 64.9 Å². The Balaban J connectivity index is 0.00000172. The minimum Gasteiger partial charge on any atom is -0.453 e. The fourth-order valence-electron chi connectivity index (χ4n) is 6.53. The van der Waals surface area contributed by atoms with Crippen LogP contribution >= 0.6 is 0 Å². The molecule has 3 fully saturated rings. The van der Waals surface area contributed by atoms with E-state index in [9.17, 15) is 9.90 Å². The van der Waals surface area contributed by atoms with Gasteiger partial charge in [-0.3, -0.25) is 0 Å². The summed E-state index contributed by atoms with van der Waals surface area (Å²) < 4.78 is 19.8. The van der Waals surface area contributed by atoms with Crippen molar-refractivity contribution in [2.24, 2.45) is 0 Å². The predicted octanol–water partition coefficient (Wildman–Crippen LogP) is 6.16. The smallest absolute Gasteiger partial charge is 0.409 e. The average molecular weight is 542 g/mol. The number of likely N-dealkylation sites (tertiary alicyclic amines) is 1. The second-order valence-electron chi connectivity index (χ2n) is 10.7. The van der Waals surface area contributed by atoms with Crippen molar-refractivity contribution in [2.75, 3.05) is 26.9 Å². The fourth-order valence-corrected chi connectivity index (χ4v) is 6.53. The summed E-state index contributed by atoms with van der Waals surface area (Å²) in [4.78, 5) is 14.7. The van der Waals surface area contributed by atoms with Crippen molar-refractivity contribution in [1.82, 2.24) is 14.7 Å². The Bertz CT molecular complexity index is 999. The maximum absolute atomic E-state index is 12.8. The Labute approximate surface area is 233 Å². The molecular weight excluding hydrogens is 494 g/mol. The van der Waals surface area contributed by atoms with E-state index >= 15 is 0 Å². The number of hydrogen-bond donors (Lipinski definition) is 1. The molecule has 1 N–H and O–H groups in total. The summed E-state index contributed by atoms with van der Waals surface area (Å²) in [5, 5.41) is 14.8. The third-order valence-electron chi connectivity index (χ3n) is 8.50. The first-order chi connectivity index (χ1) is 19.2. The molecule has 0 radical (unpaired) electrons. The lowest BCUT2D eigenvalue weighted by molar-refractivity contribution is -0.0469. The van der Waals surface area contributed by atoms with Crippen molar-refractivity contribution >= 4 is 6.09 Å². The lowest BCUT2D eigenvalue weighted by atomic mass is 9.82. The van der Waals surface area contributed by atoms with E-state index in [0.29, 0.717) is 19.1 Å². The van der Waals surface area contributed by atoms with E-state index < -0.39 is 0 Å². The molecule has 2 saturated heterocycles. The lowest BCUT2D eigenvalue weighted by Crippen LogP contribution is -2.51. The van der Waals surface area contributed by atoms with Crippen molar-refractivity contribution in [2.45, 2.75) is 108 Å². The van der Waals surface area contributed by atoms with E-state index in [4.69, 9.17) is 14.2 Å². The fraction of sp³-hybridized carbons (Fsp3) is 0.677. The summed E-state index contributed by atoms with van der Waals surface area (Å²) in [6.07, 6.45) is 10.6. The van der Waals surface area contributed by atoms with Gasteiger partial charge in [-0.1, -0.05) is 44.2 Å². The molecule has 39 heavy (non-hydrogen) atoms. The van der Waals surface area contributed by atoms with Gasteiger partial charge in [0.15, 0.2) is 0 Å². The van der Waals surface area contributed by atoms with Gasteiger partial charge in [0.25, 0.3) is 0 Å². The summed E-state index contributed by atoms with van der Waals surface area (Å²) >= 11 is 0. The zero-order valence-corrected chi connectivity index (χ0v) is 24.0. The van der Waals surface area contributed by atoms with Crippen LogP contribution in [-0.2, 0) is 20.8 Å². The van der Waals surface area contributed by atoms with Gasteiger partial charge in [-0.25, -0.2) is 9.48 Å². The molecule has 3 unspecified atom stereocenters. The van der Waals surface area contributed by atoms with Gasteiger partial charge in [-0.2, -0.15) is 5.10 Å².